The predicted octanol–water partition coefficient (Wildman–Crippen LogP) is 6.75. The molecular weight excluding hydrogens is 600 g/mol. The Morgan fingerprint density at radius 2 is 1.30 bits per heavy atom. The van der Waals surface area contributed by atoms with E-state index in [9.17, 15) is 24.3 Å². The van der Waals surface area contributed by atoms with Crippen LogP contribution in [-0.2, 0) is 20.3 Å². The van der Waals surface area contributed by atoms with E-state index >= 15 is 0 Å². The first-order valence-electron chi connectivity index (χ1n) is 17.9. The quantitative estimate of drug-likeness (QED) is 0.160. The van der Waals surface area contributed by atoms with Crippen molar-refractivity contribution in [2.24, 2.45) is 56.2 Å². The largest absolute Gasteiger partial charge is 0.462 e. The van der Waals surface area contributed by atoms with Gasteiger partial charge in [-0.05, 0) is 96.2 Å². The molecule has 3 aliphatic rings. The highest BCUT2D eigenvalue weighted by Gasteiger charge is 2.56. The Bertz CT molecular complexity index is 1020. The third kappa shape index (κ3) is 9.79. The smallest absolute Gasteiger partial charge is 0.312 e. The van der Waals surface area contributed by atoms with Gasteiger partial charge < -0.3 is 25.2 Å². The molecule has 3 saturated carbocycles. The minimum atomic E-state index is -1.53. The van der Waals surface area contributed by atoms with Crippen molar-refractivity contribution >= 4 is 16.8 Å². The van der Waals surface area contributed by atoms with Crippen molar-refractivity contribution in [3.63, 3.8) is 0 Å². The van der Waals surface area contributed by atoms with Gasteiger partial charge in [0.1, 0.15) is 6.61 Å². The van der Waals surface area contributed by atoms with Crippen molar-refractivity contribution in [3.05, 3.63) is 0 Å². The van der Waals surface area contributed by atoms with Gasteiger partial charge in [0.25, 0.3) is 0 Å². The molecule has 3 rings (SSSR count). The van der Waals surface area contributed by atoms with Crippen molar-refractivity contribution in [2.75, 3.05) is 24.7 Å². The number of rotatable bonds is 13. The standard InChI is InChI=1S/C28H56O6S.C10H16O/c1-23(2,3)18-25(7,8)27(11,12)26(9,10)19-28(13,24(4,5)6)22(32)34-15-21(31)17-35(33)16-20(30)14-29;11-10-5-6-4-9(10)8-3-1-2-7(6)8/h20-21,29-31H,14-19H2,1-13H3;6-11H,1-5H2. The Morgan fingerprint density at radius 1 is 0.783 bits per heavy atom. The number of esters is 1. The molecular formula is C38H72O7S. The summed E-state index contributed by atoms with van der Waals surface area (Å²) in [5, 5.41) is 38.3. The van der Waals surface area contributed by atoms with Gasteiger partial charge in [-0.3, -0.25) is 9.00 Å². The lowest BCUT2D eigenvalue weighted by Gasteiger charge is -2.57. The molecule has 9 unspecified atom stereocenters. The lowest BCUT2D eigenvalue weighted by molar-refractivity contribution is -0.172. The first-order valence-corrected chi connectivity index (χ1v) is 19.3. The minimum Gasteiger partial charge on any atom is -0.462 e. The highest BCUT2D eigenvalue weighted by atomic mass is 32.2. The predicted molar refractivity (Wildman–Crippen MR) is 189 cm³/mol. The Morgan fingerprint density at radius 3 is 1.83 bits per heavy atom. The van der Waals surface area contributed by atoms with Crippen LogP contribution in [0.25, 0.3) is 0 Å². The molecule has 0 aromatic heterocycles. The van der Waals surface area contributed by atoms with E-state index in [-0.39, 0.29) is 51.8 Å². The maximum Gasteiger partial charge on any atom is 0.312 e. The number of aliphatic hydroxyl groups is 4. The number of hydrogen-bond acceptors (Lipinski definition) is 7. The zero-order chi connectivity index (χ0) is 35.7. The average Bonchev–Trinajstić information content (AvgIpc) is 3.58. The van der Waals surface area contributed by atoms with E-state index in [2.05, 4.69) is 62.3 Å². The summed E-state index contributed by atoms with van der Waals surface area (Å²) in [6, 6.07) is 0. The van der Waals surface area contributed by atoms with Crippen LogP contribution in [0.3, 0.4) is 0 Å². The fourth-order valence-electron chi connectivity index (χ4n) is 9.17. The third-order valence-corrected chi connectivity index (χ3v) is 14.5. The lowest BCUT2D eigenvalue weighted by atomic mass is 9.47. The van der Waals surface area contributed by atoms with Crippen LogP contribution in [0.15, 0.2) is 0 Å². The van der Waals surface area contributed by atoms with Gasteiger partial charge in [-0.15, -0.1) is 0 Å². The number of aliphatic hydroxyl groups excluding tert-OH is 4. The molecule has 46 heavy (non-hydrogen) atoms. The molecule has 0 aromatic carbocycles. The van der Waals surface area contributed by atoms with Gasteiger partial charge >= 0.3 is 5.97 Å². The topological polar surface area (TPSA) is 124 Å². The van der Waals surface area contributed by atoms with Crippen LogP contribution in [0.2, 0.25) is 0 Å². The van der Waals surface area contributed by atoms with Crippen molar-refractivity contribution in [1.29, 1.82) is 0 Å². The summed E-state index contributed by atoms with van der Waals surface area (Å²) in [4.78, 5) is 13.5. The summed E-state index contributed by atoms with van der Waals surface area (Å²) in [6.45, 7) is 27.8. The molecule has 7 nitrogen and oxygen atoms in total. The average molecular weight is 673 g/mol. The Labute approximate surface area is 284 Å². The van der Waals surface area contributed by atoms with E-state index in [1.54, 1.807) is 0 Å². The van der Waals surface area contributed by atoms with Crippen LogP contribution < -0.4 is 0 Å². The molecule has 8 heteroatoms. The second kappa shape index (κ2) is 15.1. The summed E-state index contributed by atoms with van der Waals surface area (Å²) < 4.78 is 17.7. The number of hydrogen-bond donors (Lipinski definition) is 4. The Kier molecular flexibility index (Phi) is 13.7. The molecule has 3 aliphatic carbocycles. The molecule has 3 fully saturated rings. The second-order valence-electron chi connectivity index (χ2n) is 19.5. The molecule has 0 radical (unpaired) electrons. The summed E-state index contributed by atoms with van der Waals surface area (Å²) in [7, 11) is -1.53. The van der Waals surface area contributed by atoms with Gasteiger partial charge in [0.05, 0.1) is 41.8 Å². The summed E-state index contributed by atoms with van der Waals surface area (Å²) in [5.41, 5.74) is -1.36. The molecule has 0 saturated heterocycles. The van der Waals surface area contributed by atoms with Crippen LogP contribution >= 0.6 is 0 Å². The van der Waals surface area contributed by atoms with Gasteiger partial charge in [-0.2, -0.15) is 0 Å². The van der Waals surface area contributed by atoms with Crippen LogP contribution in [-0.4, -0.2) is 73.6 Å². The van der Waals surface area contributed by atoms with Crippen LogP contribution in [0.4, 0.5) is 0 Å². The Hall–Kier alpha value is -0.540. The zero-order valence-corrected chi connectivity index (χ0v) is 32.6. The van der Waals surface area contributed by atoms with E-state index in [4.69, 9.17) is 9.84 Å². The number of carbonyl (C=O) groups is 1. The first-order chi connectivity index (χ1) is 20.7. The van der Waals surface area contributed by atoms with Crippen molar-refractivity contribution in [3.8, 4) is 0 Å². The minimum absolute atomic E-state index is 0.0108. The van der Waals surface area contributed by atoms with Crippen LogP contribution in [0.5, 0.6) is 0 Å². The van der Waals surface area contributed by atoms with E-state index in [1.807, 2.05) is 27.7 Å². The highest BCUT2D eigenvalue weighted by molar-refractivity contribution is 7.85. The molecule has 4 N–H and O–H groups in total. The van der Waals surface area contributed by atoms with E-state index in [0.29, 0.717) is 12.3 Å². The maximum absolute atomic E-state index is 13.5. The lowest BCUT2D eigenvalue weighted by Crippen LogP contribution is -2.52. The van der Waals surface area contributed by atoms with Gasteiger partial charge in [-0.25, -0.2) is 0 Å². The molecule has 0 spiro atoms. The van der Waals surface area contributed by atoms with E-state index in [1.165, 1.54) is 25.7 Å². The van der Waals surface area contributed by atoms with Crippen molar-refractivity contribution < 1.29 is 34.2 Å². The van der Waals surface area contributed by atoms with Crippen molar-refractivity contribution in [1.82, 2.24) is 0 Å². The number of fused-ring (bicyclic) bond motifs is 5. The maximum atomic E-state index is 13.5. The van der Waals surface area contributed by atoms with Gasteiger partial charge in [0.2, 0.25) is 0 Å². The molecule has 272 valence electrons. The monoisotopic (exact) mass is 672 g/mol. The first kappa shape index (κ1) is 41.6. The van der Waals surface area contributed by atoms with E-state index < -0.39 is 40.4 Å². The fraction of sp³-hybridized carbons (Fsp3) is 0.974. The van der Waals surface area contributed by atoms with Crippen molar-refractivity contribution in [2.45, 2.75) is 153 Å². The van der Waals surface area contributed by atoms with Crippen LogP contribution in [0.1, 0.15) is 135 Å². The normalized spacial score (nSPS) is 28.5. The van der Waals surface area contributed by atoms with Gasteiger partial charge in [0.15, 0.2) is 0 Å². The zero-order valence-electron chi connectivity index (χ0n) is 31.7. The fourth-order valence-corrected chi connectivity index (χ4v) is 10.4. The molecule has 0 aromatic rings. The highest BCUT2D eigenvalue weighted by Crippen LogP contribution is 2.61. The van der Waals surface area contributed by atoms with Crippen LogP contribution in [0, 0.1) is 56.2 Å². The molecule has 0 heterocycles. The molecule has 2 bridgehead atoms. The van der Waals surface area contributed by atoms with Gasteiger partial charge in [-0.1, -0.05) is 89.5 Å². The number of ether oxygens (including phenoxy) is 1. The third-order valence-electron chi connectivity index (χ3n) is 13.0. The number of carbonyl (C=O) groups excluding carboxylic acids is 1. The second-order valence-corrected chi connectivity index (χ2v) is 21.0. The van der Waals surface area contributed by atoms with E-state index in [0.717, 1.165) is 30.6 Å². The summed E-state index contributed by atoms with van der Waals surface area (Å²) >= 11 is 0. The Balaban J connectivity index is 0.000000542. The molecule has 9 atom stereocenters. The molecule has 0 amide bonds. The summed E-state index contributed by atoms with van der Waals surface area (Å²) in [6.07, 6.45) is 6.35. The summed E-state index contributed by atoms with van der Waals surface area (Å²) in [5.74, 6) is 2.97. The SMILES string of the molecule is CC(C)(C)CC(C)(C)C(C)(C)C(C)(C)CC(C)(C(=O)OCC(O)CS(=O)CC(O)CO)C(C)(C)C.OC1CC2CC1C1CCCC21. The van der Waals surface area contributed by atoms with Gasteiger partial charge in [0, 0.05) is 10.8 Å². The molecule has 0 aliphatic heterocycles.